The summed E-state index contributed by atoms with van der Waals surface area (Å²) in [6, 6.07) is 10.4. The molecule has 1 nitrogen and oxygen atoms in total. The van der Waals surface area contributed by atoms with E-state index in [2.05, 4.69) is 70.2 Å². The molecule has 0 spiro atoms. The van der Waals surface area contributed by atoms with Gasteiger partial charge in [-0.3, -0.25) is 4.79 Å². The molecular weight excluding hydrogens is 360 g/mol. The monoisotopic (exact) mass is 394 g/mol. The number of allylic oxidation sites excluding steroid dienone is 7. The second-order valence-electron chi connectivity index (χ2n) is 8.41. The van der Waals surface area contributed by atoms with Gasteiger partial charge in [-0.05, 0) is 75.7 Å². The Hall–Kier alpha value is -1.80. The highest BCUT2D eigenvalue weighted by Crippen LogP contribution is 2.40. The maximum absolute atomic E-state index is 11.0. The minimum Gasteiger partial charge on any atom is -0.299 e. The van der Waals surface area contributed by atoms with Crippen LogP contribution < -0.4 is 0 Å². The summed E-state index contributed by atoms with van der Waals surface area (Å²) >= 11 is 1.82. The van der Waals surface area contributed by atoms with Crippen LogP contribution >= 0.6 is 11.8 Å². The quantitative estimate of drug-likeness (QED) is 0.194. The maximum atomic E-state index is 11.0. The minimum atomic E-state index is 0.267. The lowest BCUT2D eigenvalue weighted by molar-refractivity contribution is -0.104. The van der Waals surface area contributed by atoms with E-state index in [9.17, 15) is 4.79 Å². The molecule has 1 unspecified atom stereocenters. The van der Waals surface area contributed by atoms with Crippen LogP contribution in [0.4, 0.5) is 0 Å². The predicted molar refractivity (Wildman–Crippen MR) is 124 cm³/mol. The van der Waals surface area contributed by atoms with Gasteiger partial charge < -0.3 is 0 Å². The Morgan fingerprint density at radius 2 is 1.93 bits per heavy atom. The second-order valence-corrected chi connectivity index (χ2v) is 9.69. The van der Waals surface area contributed by atoms with Crippen molar-refractivity contribution < 1.29 is 4.79 Å². The van der Waals surface area contributed by atoms with Gasteiger partial charge in [0.25, 0.3) is 0 Å². The number of hydrogen-bond donors (Lipinski definition) is 0. The molecule has 1 aromatic carbocycles. The van der Waals surface area contributed by atoms with Crippen molar-refractivity contribution in [2.75, 3.05) is 0 Å². The van der Waals surface area contributed by atoms with E-state index in [-0.39, 0.29) is 10.7 Å². The van der Waals surface area contributed by atoms with Gasteiger partial charge in [0.05, 0.1) is 0 Å². The summed E-state index contributed by atoms with van der Waals surface area (Å²) in [7, 11) is 0. The fraction of sp³-hybridized carbons (Fsp3) is 0.423. The van der Waals surface area contributed by atoms with E-state index in [1.807, 2.05) is 24.8 Å². The van der Waals surface area contributed by atoms with Gasteiger partial charge in [-0.15, -0.1) is 11.8 Å². The van der Waals surface area contributed by atoms with Gasteiger partial charge in [-0.2, -0.15) is 0 Å². The molecule has 0 saturated heterocycles. The van der Waals surface area contributed by atoms with Gasteiger partial charge >= 0.3 is 0 Å². The van der Waals surface area contributed by atoms with Crippen molar-refractivity contribution in [3.8, 4) is 0 Å². The van der Waals surface area contributed by atoms with Crippen LogP contribution in [0.2, 0.25) is 0 Å². The Labute approximate surface area is 175 Å². The molecule has 1 aliphatic carbocycles. The van der Waals surface area contributed by atoms with Crippen LogP contribution in [0, 0.1) is 5.41 Å². The van der Waals surface area contributed by atoms with E-state index in [1.165, 1.54) is 40.9 Å². The van der Waals surface area contributed by atoms with Crippen LogP contribution in [0.3, 0.4) is 0 Å². The highest BCUT2D eigenvalue weighted by Gasteiger charge is 2.26. The van der Waals surface area contributed by atoms with Crippen LogP contribution in [0.1, 0.15) is 60.3 Å². The first-order valence-electron chi connectivity index (χ1n) is 10.2. The van der Waals surface area contributed by atoms with Crippen molar-refractivity contribution in [2.45, 2.75) is 70.4 Å². The lowest BCUT2D eigenvalue weighted by atomic mass is 9.72. The third kappa shape index (κ3) is 6.67. The molecule has 1 aliphatic rings. The largest absolute Gasteiger partial charge is 0.299 e. The van der Waals surface area contributed by atoms with Crippen molar-refractivity contribution in [1.82, 2.24) is 0 Å². The van der Waals surface area contributed by atoms with Crippen LogP contribution in [0.5, 0.6) is 0 Å². The van der Waals surface area contributed by atoms with E-state index in [4.69, 9.17) is 0 Å². The van der Waals surface area contributed by atoms with E-state index < -0.39 is 0 Å². The number of carbonyl (C=O) groups is 1. The van der Waals surface area contributed by atoms with E-state index in [0.29, 0.717) is 0 Å². The van der Waals surface area contributed by atoms with Gasteiger partial charge in [0.15, 0.2) is 0 Å². The van der Waals surface area contributed by atoms with Crippen molar-refractivity contribution in [3.05, 3.63) is 76.9 Å². The molecule has 28 heavy (non-hydrogen) atoms. The highest BCUT2D eigenvalue weighted by molar-refractivity contribution is 8.00. The third-order valence-corrected chi connectivity index (χ3v) is 6.96. The average Bonchev–Trinajstić information content (AvgIpc) is 2.65. The summed E-state index contributed by atoms with van der Waals surface area (Å²) in [5.74, 6) is 0. The zero-order valence-corrected chi connectivity index (χ0v) is 18.8. The molecule has 0 radical (unpaired) electrons. The lowest BCUT2D eigenvalue weighted by Gasteiger charge is -2.33. The molecule has 0 fully saturated rings. The fourth-order valence-electron chi connectivity index (χ4n) is 3.79. The first-order chi connectivity index (χ1) is 13.3. The Kier molecular flexibility index (Phi) is 8.57. The standard InChI is InChI=1S/C26H34OS/c1-20(13-15-24-21(2)10-9-18-26(24,4)5)14-16-25(22(3)17-19-27)28-23-11-7-6-8-12-23/h6-8,11-15,17,19,25H,9-10,16,18H2,1-5H3/b15-13+,20-14+,22-17+. The van der Waals surface area contributed by atoms with Crippen LogP contribution in [-0.2, 0) is 4.79 Å². The minimum absolute atomic E-state index is 0.267. The number of hydrogen-bond acceptors (Lipinski definition) is 2. The van der Waals surface area contributed by atoms with E-state index >= 15 is 0 Å². The Balaban J connectivity index is 2.12. The van der Waals surface area contributed by atoms with Gasteiger partial charge in [0, 0.05) is 10.1 Å². The Morgan fingerprint density at radius 3 is 2.57 bits per heavy atom. The number of benzene rings is 1. The normalized spacial score (nSPS) is 19.2. The summed E-state index contributed by atoms with van der Waals surface area (Å²) in [6.45, 7) is 11.2. The van der Waals surface area contributed by atoms with Crippen LogP contribution in [0.25, 0.3) is 0 Å². The molecule has 2 heteroatoms. The van der Waals surface area contributed by atoms with Crippen LogP contribution in [-0.4, -0.2) is 11.5 Å². The summed E-state index contributed by atoms with van der Waals surface area (Å²) in [5.41, 5.74) is 5.69. The van der Waals surface area contributed by atoms with E-state index in [1.54, 1.807) is 6.08 Å². The van der Waals surface area contributed by atoms with Crippen molar-refractivity contribution in [3.63, 3.8) is 0 Å². The summed E-state index contributed by atoms with van der Waals surface area (Å²) in [6.07, 6.45) is 14.2. The van der Waals surface area contributed by atoms with Crippen molar-refractivity contribution in [2.24, 2.45) is 5.41 Å². The summed E-state index contributed by atoms with van der Waals surface area (Å²) < 4.78 is 0. The molecule has 1 aromatic rings. The topological polar surface area (TPSA) is 17.1 Å². The highest BCUT2D eigenvalue weighted by atomic mass is 32.2. The van der Waals surface area contributed by atoms with Gasteiger partial charge in [-0.25, -0.2) is 0 Å². The predicted octanol–water partition coefficient (Wildman–Crippen LogP) is 7.71. The Bertz CT molecular complexity index is 778. The molecule has 2 rings (SSSR count). The smallest absolute Gasteiger partial charge is 0.142 e. The molecule has 1 atom stereocenters. The van der Waals surface area contributed by atoms with Crippen LogP contribution in [0.15, 0.2) is 81.8 Å². The first-order valence-corrected chi connectivity index (χ1v) is 11.1. The molecule has 0 amide bonds. The number of rotatable bonds is 8. The molecule has 0 N–H and O–H groups in total. The number of aldehydes is 1. The van der Waals surface area contributed by atoms with Gasteiger partial charge in [0.2, 0.25) is 0 Å². The summed E-state index contributed by atoms with van der Waals surface area (Å²) in [4.78, 5) is 12.2. The lowest BCUT2D eigenvalue weighted by Crippen LogP contribution is -2.19. The zero-order chi connectivity index (χ0) is 20.6. The average molecular weight is 395 g/mol. The molecular formula is C26H34OS. The molecule has 0 bridgehead atoms. The first kappa shape index (κ1) is 22.5. The summed E-state index contributed by atoms with van der Waals surface area (Å²) in [5, 5.41) is 0.267. The van der Waals surface area contributed by atoms with Crippen molar-refractivity contribution in [1.29, 1.82) is 0 Å². The van der Waals surface area contributed by atoms with E-state index in [0.717, 1.165) is 18.3 Å². The second kappa shape index (κ2) is 10.7. The molecule has 0 aromatic heterocycles. The molecule has 0 aliphatic heterocycles. The molecule has 0 saturated carbocycles. The third-order valence-electron chi connectivity index (χ3n) is 5.57. The molecule has 0 heterocycles. The van der Waals surface area contributed by atoms with Gasteiger partial charge in [0.1, 0.15) is 6.29 Å². The zero-order valence-electron chi connectivity index (χ0n) is 18.0. The molecule has 150 valence electrons. The van der Waals surface area contributed by atoms with Crippen molar-refractivity contribution >= 4 is 18.0 Å². The number of thioether (sulfide) groups is 1. The fourth-order valence-corrected chi connectivity index (χ4v) is 4.89. The maximum Gasteiger partial charge on any atom is 0.142 e. The SMILES string of the molecule is CC1=C(/C=C/C(C)=C/CC(Sc2ccccc2)/C(C)=C/C=O)C(C)(C)CCC1. The number of carbonyl (C=O) groups excluding carboxylic acids is 1. The Morgan fingerprint density at radius 1 is 1.21 bits per heavy atom. The van der Waals surface area contributed by atoms with Gasteiger partial charge in [-0.1, -0.05) is 67.0 Å².